The van der Waals surface area contributed by atoms with E-state index in [9.17, 15) is 23.7 Å². The highest BCUT2D eigenvalue weighted by atomic mass is 19.1. The van der Waals surface area contributed by atoms with Crippen LogP contribution < -0.4 is 0 Å². The van der Waals surface area contributed by atoms with E-state index < -0.39 is 33.7 Å². The molecule has 0 N–H and O–H groups in total. The summed E-state index contributed by atoms with van der Waals surface area (Å²) in [4.78, 5) is 23.0. The van der Waals surface area contributed by atoms with Gasteiger partial charge in [0.2, 0.25) is 5.82 Å². The van der Waals surface area contributed by atoms with E-state index >= 15 is 0 Å². The Labute approximate surface area is 113 Å². The Hall–Kier alpha value is -2.31. The van der Waals surface area contributed by atoms with Crippen LogP contribution in [0.4, 0.5) is 14.5 Å². The highest BCUT2D eigenvalue weighted by Crippen LogP contribution is 2.25. The van der Waals surface area contributed by atoms with Crippen molar-refractivity contribution in [1.29, 1.82) is 0 Å². The number of carbonyl (C=O) groups excluding carboxylic acids is 1. The van der Waals surface area contributed by atoms with Gasteiger partial charge in [-0.15, -0.1) is 0 Å². The van der Waals surface area contributed by atoms with Gasteiger partial charge in [0.1, 0.15) is 11.4 Å². The molecule has 1 aliphatic heterocycles. The zero-order valence-electron chi connectivity index (χ0n) is 10.7. The summed E-state index contributed by atoms with van der Waals surface area (Å²) in [7, 11) is 0. The van der Waals surface area contributed by atoms with E-state index in [0.29, 0.717) is 19.0 Å². The molecule has 0 aromatic heterocycles. The Balaban J connectivity index is 2.39. The number of carbonyl (C=O) groups is 1. The fraction of sp³-hybridized carbons (Fsp3) is 0.308. The molecule has 1 aromatic rings. The van der Waals surface area contributed by atoms with Gasteiger partial charge < -0.3 is 4.90 Å². The van der Waals surface area contributed by atoms with Gasteiger partial charge in [-0.1, -0.05) is 11.6 Å². The van der Waals surface area contributed by atoms with Gasteiger partial charge in [0.25, 0.3) is 5.91 Å². The lowest BCUT2D eigenvalue weighted by atomic mass is 10.1. The average Bonchev–Trinajstić information content (AvgIpc) is 2.38. The second kappa shape index (κ2) is 5.36. The van der Waals surface area contributed by atoms with E-state index in [1.165, 1.54) is 4.90 Å². The first kappa shape index (κ1) is 14.1. The number of hydrogen-bond donors (Lipinski definition) is 0. The highest BCUT2D eigenvalue weighted by Gasteiger charge is 2.29. The van der Waals surface area contributed by atoms with Crippen LogP contribution in [0.25, 0.3) is 0 Å². The molecule has 0 radical (unpaired) electrons. The standard InChI is InChI=1S/C13H12F2N2O3/c1-8-4-6-16(7-5-8)13(18)11-9(14)2-3-10(12(11)15)17(19)20/h2-4H,5-7H2,1H3. The molecular weight excluding hydrogens is 270 g/mol. The normalized spacial score (nSPS) is 14.9. The second-order valence-electron chi connectivity index (χ2n) is 4.56. The molecule has 0 fully saturated rings. The first-order valence-electron chi connectivity index (χ1n) is 5.99. The molecule has 0 unspecified atom stereocenters. The predicted molar refractivity (Wildman–Crippen MR) is 67.3 cm³/mol. The zero-order chi connectivity index (χ0) is 14.9. The van der Waals surface area contributed by atoms with Crippen molar-refractivity contribution in [3.63, 3.8) is 0 Å². The van der Waals surface area contributed by atoms with Crippen LogP contribution in [-0.4, -0.2) is 28.8 Å². The summed E-state index contributed by atoms with van der Waals surface area (Å²) in [6.07, 6.45) is 2.40. The first-order chi connectivity index (χ1) is 9.41. The molecule has 7 heteroatoms. The van der Waals surface area contributed by atoms with Gasteiger partial charge in [-0.05, 0) is 19.4 Å². The smallest absolute Gasteiger partial charge is 0.305 e. The van der Waals surface area contributed by atoms with Gasteiger partial charge >= 0.3 is 5.69 Å². The Kier molecular flexibility index (Phi) is 3.78. The molecule has 5 nitrogen and oxygen atoms in total. The fourth-order valence-corrected chi connectivity index (χ4v) is 1.99. The molecule has 2 rings (SSSR count). The van der Waals surface area contributed by atoms with Crippen molar-refractivity contribution < 1.29 is 18.5 Å². The van der Waals surface area contributed by atoms with Gasteiger partial charge in [0.15, 0.2) is 0 Å². The highest BCUT2D eigenvalue weighted by molar-refractivity contribution is 5.95. The van der Waals surface area contributed by atoms with Gasteiger partial charge in [0.05, 0.1) is 4.92 Å². The SMILES string of the molecule is CC1=CCN(C(=O)c2c(F)ccc([N+](=O)[O-])c2F)CC1. The fourth-order valence-electron chi connectivity index (χ4n) is 1.99. The van der Waals surface area contributed by atoms with Crippen LogP contribution in [0.3, 0.4) is 0 Å². The predicted octanol–water partition coefficient (Wildman–Crippen LogP) is 2.67. The zero-order valence-corrected chi connectivity index (χ0v) is 10.7. The van der Waals surface area contributed by atoms with Crippen LogP contribution in [0.1, 0.15) is 23.7 Å². The van der Waals surface area contributed by atoms with E-state index in [2.05, 4.69) is 0 Å². The number of rotatable bonds is 2. The van der Waals surface area contributed by atoms with Crippen molar-refractivity contribution >= 4 is 11.6 Å². The van der Waals surface area contributed by atoms with Crippen molar-refractivity contribution in [2.24, 2.45) is 0 Å². The maximum absolute atomic E-state index is 13.9. The third-order valence-electron chi connectivity index (χ3n) is 3.20. The molecule has 1 heterocycles. The number of nitrogens with zero attached hydrogens (tertiary/aromatic N) is 2. The third-order valence-corrected chi connectivity index (χ3v) is 3.20. The monoisotopic (exact) mass is 282 g/mol. The first-order valence-corrected chi connectivity index (χ1v) is 5.99. The molecule has 0 saturated heterocycles. The summed E-state index contributed by atoms with van der Waals surface area (Å²) in [6.45, 7) is 2.48. The Bertz CT molecular complexity index is 614. The number of halogens is 2. The molecule has 106 valence electrons. The second-order valence-corrected chi connectivity index (χ2v) is 4.56. The lowest BCUT2D eigenvalue weighted by Gasteiger charge is -2.25. The summed E-state index contributed by atoms with van der Waals surface area (Å²) >= 11 is 0. The Morgan fingerprint density at radius 3 is 2.65 bits per heavy atom. The van der Waals surface area contributed by atoms with Crippen molar-refractivity contribution in [3.8, 4) is 0 Å². The topological polar surface area (TPSA) is 63.5 Å². The lowest BCUT2D eigenvalue weighted by Crippen LogP contribution is -2.35. The average molecular weight is 282 g/mol. The van der Waals surface area contributed by atoms with Gasteiger partial charge in [-0.2, -0.15) is 4.39 Å². The van der Waals surface area contributed by atoms with E-state index in [-0.39, 0.29) is 6.54 Å². The number of nitro groups is 1. The minimum atomic E-state index is -1.42. The molecular formula is C13H12F2N2O3. The molecule has 0 spiro atoms. The van der Waals surface area contributed by atoms with Crippen LogP contribution in [-0.2, 0) is 0 Å². The van der Waals surface area contributed by atoms with Crippen LogP contribution in [0.5, 0.6) is 0 Å². The number of benzene rings is 1. The number of hydrogen-bond acceptors (Lipinski definition) is 3. The lowest BCUT2D eigenvalue weighted by molar-refractivity contribution is -0.387. The van der Waals surface area contributed by atoms with Gasteiger partial charge in [-0.25, -0.2) is 4.39 Å². The van der Waals surface area contributed by atoms with E-state index in [1.807, 2.05) is 6.92 Å². The van der Waals surface area contributed by atoms with Crippen LogP contribution >= 0.6 is 0 Å². The van der Waals surface area contributed by atoms with Crippen molar-refractivity contribution in [3.05, 3.63) is 51.1 Å². The van der Waals surface area contributed by atoms with Crippen LogP contribution in [0.15, 0.2) is 23.8 Å². The molecule has 20 heavy (non-hydrogen) atoms. The van der Waals surface area contributed by atoms with E-state index in [1.54, 1.807) is 6.08 Å². The quantitative estimate of drug-likeness (QED) is 0.476. The molecule has 1 amide bonds. The molecule has 1 aliphatic rings. The molecule has 1 aromatic carbocycles. The van der Waals surface area contributed by atoms with Crippen molar-refractivity contribution in [2.75, 3.05) is 13.1 Å². The van der Waals surface area contributed by atoms with Crippen molar-refractivity contribution in [2.45, 2.75) is 13.3 Å². The Morgan fingerprint density at radius 1 is 1.40 bits per heavy atom. The maximum Gasteiger partial charge on any atom is 0.305 e. The minimum Gasteiger partial charge on any atom is -0.334 e. The van der Waals surface area contributed by atoms with Crippen LogP contribution in [0, 0.1) is 21.7 Å². The minimum absolute atomic E-state index is 0.242. The summed E-state index contributed by atoms with van der Waals surface area (Å²) in [5.41, 5.74) is -0.681. The van der Waals surface area contributed by atoms with E-state index in [0.717, 1.165) is 11.6 Å². The third kappa shape index (κ3) is 2.52. The van der Waals surface area contributed by atoms with E-state index in [4.69, 9.17) is 0 Å². The molecule has 0 bridgehead atoms. The maximum atomic E-state index is 13.9. The summed E-state index contributed by atoms with van der Waals surface area (Å²) in [6, 6.07) is 1.45. The van der Waals surface area contributed by atoms with Crippen LogP contribution in [0.2, 0.25) is 0 Å². The molecule has 0 saturated carbocycles. The summed E-state index contributed by atoms with van der Waals surface area (Å²) < 4.78 is 27.6. The van der Waals surface area contributed by atoms with Gasteiger partial charge in [0, 0.05) is 19.2 Å². The Morgan fingerprint density at radius 2 is 2.10 bits per heavy atom. The van der Waals surface area contributed by atoms with Gasteiger partial charge in [-0.3, -0.25) is 14.9 Å². The molecule has 0 atom stereocenters. The van der Waals surface area contributed by atoms with Crippen molar-refractivity contribution in [1.82, 2.24) is 4.90 Å². The molecule has 0 aliphatic carbocycles. The number of amides is 1. The summed E-state index contributed by atoms with van der Waals surface area (Å²) in [5.74, 6) is -3.39. The largest absolute Gasteiger partial charge is 0.334 e. The summed E-state index contributed by atoms with van der Waals surface area (Å²) in [5, 5.41) is 10.6. The number of nitro benzene ring substituents is 1.